The number of rotatable bonds is 12. The molecule has 0 bridgehead atoms. The number of hydrogen-bond donors (Lipinski definition) is 4. The van der Waals surface area contributed by atoms with Crippen molar-refractivity contribution in [2.45, 2.75) is 120 Å². The van der Waals surface area contributed by atoms with Crippen LogP contribution in [0.1, 0.15) is 139 Å². The molecule has 4 unspecified atom stereocenters. The van der Waals surface area contributed by atoms with Gasteiger partial charge in [-0.25, -0.2) is 0 Å². The molecule has 0 spiro atoms. The summed E-state index contributed by atoms with van der Waals surface area (Å²) < 4.78 is 0. The fraction of sp³-hybridized carbons (Fsp3) is 0.510. The van der Waals surface area contributed by atoms with Gasteiger partial charge in [-0.2, -0.15) is 0 Å². The highest BCUT2D eigenvalue weighted by Crippen LogP contribution is 2.60. The lowest BCUT2D eigenvalue weighted by molar-refractivity contribution is 0.147. The van der Waals surface area contributed by atoms with Gasteiger partial charge in [-0.15, -0.1) is 49.6 Å². The van der Waals surface area contributed by atoms with Gasteiger partial charge in [0.25, 0.3) is 0 Å². The summed E-state index contributed by atoms with van der Waals surface area (Å²) in [4.78, 5) is 0. The SMILES string of the molecule is Cl.Cl.Cl.Cl.O.O.O.O.c1ccc2c(c1)CCNC2CCC1(CCC2NCCc3ccccc32)CCC(CCC2NCCc3ccccc32)(CCC2NCCc3ccccc32)C1. The minimum absolute atomic E-state index is 0. The number of halogens is 4. The Morgan fingerprint density at radius 1 is 0.361 bits per heavy atom. The minimum atomic E-state index is 0. The van der Waals surface area contributed by atoms with E-state index in [1.165, 1.54) is 70.6 Å². The Kier molecular flexibility index (Phi) is 24.1. The predicted octanol–water partition coefficient (Wildman–Crippen LogP) is 8.20. The molecule has 0 radical (unpaired) electrons. The van der Waals surface area contributed by atoms with E-state index in [4.69, 9.17) is 0 Å². The molecule has 1 aliphatic carbocycles. The van der Waals surface area contributed by atoms with E-state index in [9.17, 15) is 0 Å². The fourth-order valence-electron chi connectivity index (χ4n) is 11.8. The monoisotopic (exact) mass is 922 g/mol. The van der Waals surface area contributed by atoms with Crippen LogP contribution < -0.4 is 21.3 Å². The van der Waals surface area contributed by atoms with Crippen molar-refractivity contribution in [2.24, 2.45) is 10.8 Å². The quantitative estimate of drug-likeness (QED) is 0.112. The van der Waals surface area contributed by atoms with Crippen LogP contribution in [-0.4, -0.2) is 48.1 Å². The van der Waals surface area contributed by atoms with Crippen LogP contribution in [-0.2, 0) is 25.7 Å². The first kappa shape index (κ1) is 56.7. The van der Waals surface area contributed by atoms with Gasteiger partial charge in [-0.05, 0) is 178 Å². The summed E-state index contributed by atoms with van der Waals surface area (Å²) in [6.45, 7) is 4.42. The third kappa shape index (κ3) is 12.7. The molecule has 5 aliphatic rings. The Labute approximate surface area is 389 Å². The Morgan fingerprint density at radius 2 is 0.590 bits per heavy atom. The molecule has 1 saturated carbocycles. The van der Waals surface area contributed by atoms with Crippen molar-refractivity contribution in [3.05, 3.63) is 142 Å². The molecule has 9 rings (SSSR count). The molecule has 61 heavy (non-hydrogen) atoms. The fourth-order valence-corrected chi connectivity index (χ4v) is 11.8. The number of nitrogens with one attached hydrogen (secondary N) is 4. The minimum Gasteiger partial charge on any atom is -0.412 e. The van der Waals surface area contributed by atoms with E-state index in [0.717, 1.165) is 51.9 Å². The molecule has 4 aromatic carbocycles. The molecule has 4 aliphatic heterocycles. The van der Waals surface area contributed by atoms with Crippen LogP contribution in [0.25, 0.3) is 0 Å². The van der Waals surface area contributed by atoms with Gasteiger partial charge in [0.15, 0.2) is 0 Å². The lowest BCUT2D eigenvalue weighted by Gasteiger charge is -2.40. The van der Waals surface area contributed by atoms with Crippen molar-refractivity contribution < 1.29 is 21.9 Å². The molecule has 4 heterocycles. The van der Waals surface area contributed by atoms with Crippen LogP contribution in [0.3, 0.4) is 0 Å². The van der Waals surface area contributed by atoms with Crippen LogP contribution >= 0.6 is 49.6 Å². The molecule has 0 amide bonds. The third-order valence-corrected chi connectivity index (χ3v) is 14.7. The van der Waals surface area contributed by atoms with Gasteiger partial charge in [0.1, 0.15) is 0 Å². The highest BCUT2D eigenvalue weighted by molar-refractivity contribution is 5.86. The van der Waals surface area contributed by atoms with Gasteiger partial charge < -0.3 is 43.2 Å². The van der Waals surface area contributed by atoms with Gasteiger partial charge in [0.05, 0.1) is 0 Å². The molecule has 12 N–H and O–H groups in total. The summed E-state index contributed by atoms with van der Waals surface area (Å²) in [5.74, 6) is 0. The van der Waals surface area contributed by atoms with Crippen LogP contribution in [0.5, 0.6) is 0 Å². The van der Waals surface area contributed by atoms with Gasteiger partial charge in [0, 0.05) is 24.2 Å². The summed E-state index contributed by atoms with van der Waals surface area (Å²) in [6, 6.07) is 39.0. The van der Waals surface area contributed by atoms with Crippen molar-refractivity contribution in [3.8, 4) is 0 Å². The molecule has 342 valence electrons. The normalized spacial score (nSPS) is 25.3. The molecule has 12 heteroatoms. The van der Waals surface area contributed by atoms with E-state index >= 15 is 0 Å². The summed E-state index contributed by atoms with van der Waals surface area (Å²) in [6.07, 6.45) is 19.0. The molecule has 1 fully saturated rings. The van der Waals surface area contributed by atoms with Crippen molar-refractivity contribution in [2.75, 3.05) is 26.2 Å². The van der Waals surface area contributed by atoms with E-state index in [2.05, 4.69) is 118 Å². The van der Waals surface area contributed by atoms with Crippen molar-refractivity contribution >= 4 is 49.6 Å². The summed E-state index contributed by atoms with van der Waals surface area (Å²) in [5, 5.41) is 15.9. The summed E-state index contributed by atoms with van der Waals surface area (Å²) in [7, 11) is 0. The van der Waals surface area contributed by atoms with Gasteiger partial charge >= 0.3 is 0 Å². The number of hydrogen-bond acceptors (Lipinski definition) is 4. The number of fused-ring (bicyclic) bond motifs is 4. The largest absolute Gasteiger partial charge is 0.412 e. The van der Waals surface area contributed by atoms with Crippen LogP contribution in [0.15, 0.2) is 97.1 Å². The molecular weight excluding hydrogens is 850 g/mol. The van der Waals surface area contributed by atoms with E-state index in [-0.39, 0.29) is 71.5 Å². The van der Waals surface area contributed by atoms with Crippen LogP contribution in [0.4, 0.5) is 0 Å². The number of benzene rings is 4. The maximum atomic E-state index is 3.98. The Morgan fingerprint density at radius 3 is 0.836 bits per heavy atom. The highest BCUT2D eigenvalue weighted by atomic mass is 35.5. The van der Waals surface area contributed by atoms with Crippen molar-refractivity contribution in [1.29, 1.82) is 0 Å². The maximum absolute atomic E-state index is 3.98. The van der Waals surface area contributed by atoms with E-state index < -0.39 is 0 Å². The first-order valence-corrected chi connectivity index (χ1v) is 21.4. The summed E-state index contributed by atoms with van der Waals surface area (Å²) >= 11 is 0. The topological polar surface area (TPSA) is 174 Å². The maximum Gasteiger partial charge on any atom is 0.0323 e. The van der Waals surface area contributed by atoms with Crippen molar-refractivity contribution in [3.63, 3.8) is 0 Å². The second-order valence-electron chi connectivity index (χ2n) is 17.7. The zero-order chi connectivity index (χ0) is 35.5. The Hall–Kier alpha value is -2.28. The van der Waals surface area contributed by atoms with Gasteiger partial charge in [0.2, 0.25) is 0 Å². The molecule has 8 nitrogen and oxygen atoms in total. The smallest absolute Gasteiger partial charge is 0.0323 e. The standard InChI is InChI=1S/C49H62N4.4ClH.4H2O/c1-5-13-40-36(9-1)21-31-50-44(40)17-25-48(26-18-45-41-14-6-2-10-37(41)22-32-51-45)29-30-49(35-48,27-19-46-42-15-7-3-11-38(42)23-33-52-46)28-20-47-43-16-8-4-12-39(43)24-34-53-47;;;;;;;;/h1-16,44-47,50-53H,17-35H2;4*1H;4*1H2. The third-order valence-electron chi connectivity index (χ3n) is 14.7. The Bertz CT molecular complexity index is 1630. The second kappa shape index (κ2) is 25.9. The average Bonchev–Trinajstić information content (AvgIpc) is 3.59. The van der Waals surface area contributed by atoms with E-state index in [1.54, 1.807) is 44.5 Å². The molecule has 4 aromatic rings. The van der Waals surface area contributed by atoms with Gasteiger partial charge in [-0.1, -0.05) is 97.1 Å². The Balaban J connectivity index is 0.00000233. The van der Waals surface area contributed by atoms with Crippen molar-refractivity contribution in [1.82, 2.24) is 21.3 Å². The predicted molar refractivity (Wildman–Crippen MR) is 263 cm³/mol. The van der Waals surface area contributed by atoms with Crippen LogP contribution in [0, 0.1) is 10.8 Å². The second-order valence-corrected chi connectivity index (χ2v) is 17.7. The molecule has 0 saturated heterocycles. The first-order chi connectivity index (χ1) is 26.2. The average molecular weight is 925 g/mol. The molecule has 0 aromatic heterocycles. The van der Waals surface area contributed by atoms with Crippen LogP contribution in [0.2, 0.25) is 0 Å². The first-order valence-electron chi connectivity index (χ1n) is 21.4. The van der Waals surface area contributed by atoms with Gasteiger partial charge in [-0.3, -0.25) is 0 Å². The summed E-state index contributed by atoms with van der Waals surface area (Å²) in [5.41, 5.74) is 13.2. The lowest BCUT2D eigenvalue weighted by atomic mass is 9.68. The molecule has 4 atom stereocenters. The van der Waals surface area contributed by atoms with E-state index in [0.29, 0.717) is 35.0 Å². The zero-order valence-electron chi connectivity index (χ0n) is 35.6. The van der Waals surface area contributed by atoms with E-state index in [1.807, 2.05) is 0 Å². The lowest BCUT2D eigenvalue weighted by Crippen LogP contribution is -2.34. The molecular formula is C49H74Cl4N4O4. The highest BCUT2D eigenvalue weighted by Gasteiger charge is 2.48. The zero-order valence-corrected chi connectivity index (χ0v) is 38.9.